The minimum atomic E-state index is -4.39. The van der Waals surface area contributed by atoms with E-state index in [9.17, 15) is 27.9 Å². The van der Waals surface area contributed by atoms with Crippen LogP contribution in [0.3, 0.4) is 0 Å². The molecule has 48 heavy (non-hydrogen) atoms. The van der Waals surface area contributed by atoms with E-state index in [0.717, 1.165) is 37.0 Å². The van der Waals surface area contributed by atoms with Crippen LogP contribution in [-0.2, 0) is 17.5 Å². The monoisotopic (exact) mass is 669 g/mol. The van der Waals surface area contributed by atoms with Crippen LogP contribution >= 0.6 is 0 Å². The van der Waals surface area contributed by atoms with Crippen LogP contribution in [0.4, 0.5) is 18.9 Å². The highest BCUT2D eigenvalue weighted by atomic mass is 19.4. The largest absolute Gasteiger partial charge is 0.490 e. The van der Waals surface area contributed by atoms with Crippen LogP contribution in [0.25, 0.3) is 0 Å². The molecule has 0 spiro atoms. The van der Waals surface area contributed by atoms with Crippen LogP contribution in [0.5, 0.6) is 5.75 Å². The third kappa shape index (κ3) is 10.3. The third-order valence-electron chi connectivity index (χ3n) is 8.57. The van der Waals surface area contributed by atoms with Gasteiger partial charge in [-0.1, -0.05) is 37.3 Å². The first-order chi connectivity index (χ1) is 22.8. The number of carbonyl (C=O) groups is 2. The van der Waals surface area contributed by atoms with Gasteiger partial charge in [-0.25, -0.2) is 0 Å². The van der Waals surface area contributed by atoms with Gasteiger partial charge in [-0.3, -0.25) is 14.5 Å². The van der Waals surface area contributed by atoms with E-state index in [1.165, 1.54) is 12.1 Å². The molecule has 4 rings (SSSR count). The van der Waals surface area contributed by atoms with E-state index in [1.807, 2.05) is 31.9 Å². The van der Waals surface area contributed by atoms with Gasteiger partial charge in [0.25, 0.3) is 11.8 Å². The number of likely N-dealkylation sites (N-methyl/N-ethyl adjacent to an activating group) is 1. The fourth-order valence-electron chi connectivity index (χ4n) is 5.74. The van der Waals surface area contributed by atoms with Gasteiger partial charge in [0.2, 0.25) is 0 Å². The molecule has 0 bridgehead atoms. The molecule has 11 heteroatoms. The number of anilines is 1. The molecule has 2 amide bonds. The summed E-state index contributed by atoms with van der Waals surface area (Å²) >= 11 is 0. The molecule has 0 saturated heterocycles. The highest BCUT2D eigenvalue weighted by Crippen LogP contribution is 2.30. The van der Waals surface area contributed by atoms with Gasteiger partial charge in [0, 0.05) is 43.4 Å². The lowest BCUT2D eigenvalue weighted by Crippen LogP contribution is -2.47. The summed E-state index contributed by atoms with van der Waals surface area (Å²) in [6, 6.07) is 18.4. The molecule has 0 aliphatic carbocycles. The average molecular weight is 670 g/mol. The maximum atomic E-state index is 14.3. The SMILES string of the molecule is C[C@@H]1CCCCO[C@@H](CN(C)Cc2ccc(C(F)(F)F)cc2)[C@@H](C)CN([C@H](C)CO)C(=O)c2cc(NC(=O)c3ccccc3)ccc2O1. The quantitative estimate of drug-likeness (QED) is 0.272. The van der Waals surface area contributed by atoms with Gasteiger partial charge in [0.15, 0.2) is 0 Å². The van der Waals surface area contributed by atoms with Gasteiger partial charge in [-0.05, 0) is 88.2 Å². The van der Waals surface area contributed by atoms with Crippen molar-refractivity contribution in [1.82, 2.24) is 9.80 Å². The van der Waals surface area contributed by atoms with E-state index in [-0.39, 0.29) is 48.7 Å². The van der Waals surface area contributed by atoms with Gasteiger partial charge in [-0.15, -0.1) is 0 Å². The highest BCUT2D eigenvalue weighted by molar-refractivity contribution is 6.05. The number of halogens is 3. The first-order valence-corrected chi connectivity index (χ1v) is 16.4. The van der Waals surface area contributed by atoms with Crippen LogP contribution in [-0.4, -0.2) is 78.3 Å². The molecule has 3 aromatic rings. The van der Waals surface area contributed by atoms with Crippen molar-refractivity contribution in [2.24, 2.45) is 5.92 Å². The number of hydrogen-bond acceptors (Lipinski definition) is 6. The first-order valence-electron chi connectivity index (χ1n) is 16.4. The molecule has 0 saturated carbocycles. The molecule has 260 valence electrons. The number of nitrogens with one attached hydrogen (secondary N) is 1. The van der Waals surface area contributed by atoms with Crippen molar-refractivity contribution in [2.45, 2.75) is 71.0 Å². The molecule has 0 radical (unpaired) electrons. The van der Waals surface area contributed by atoms with Crippen LogP contribution in [0, 0.1) is 5.92 Å². The molecular formula is C37H46F3N3O5. The fourth-order valence-corrected chi connectivity index (χ4v) is 5.74. The van der Waals surface area contributed by atoms with E-state index in [2.05, 4.69) is 5.32 Å². The summed E-state index contributed by atoms with van der Waals surface area (Å²) in [7, 11) is 1.89. The Morgan fingerprint density at radius 3 is 2.44 bits per heavy atom. The third-order valence-corrected chi connectivity index (χ3v) is 8.57. The van der Waals surface area contributed by atoms with E-state index in [1.54, 1.807) is 54.3 Å². The van der Waals surface area contributed by atoms with E-state index >= 15 is 0 Å². The summed E-state index contributed by atoms with van der Waals surface area (Å²) in [5, 5.41) is 13.1. The minimum absolute atomic E-state index is 0.176. The van der Waals surface area contributed by atoms with Gasteiger partial charge < -0.3 is 24.8 Å². The maximum absolute atomic E-state index is 14.3. The zero-order chi connectivity index (χ0) is 34.8. The van der Waals surface area contributed by atoms with Gasteiger partial charge in [0.05, 0.1) is 36.0 Å². The molecule has 8 nitrogen and oxygen atoms in total. The van der Waals surface area contributed by atoms with Crippen molar-refractivity contribution in [1.29, 1.82) is 0 Å². The predicted octanol–water partition coefficient (Wildman–Crippen LogP) is 6.89. The normalized spacial score (nSPS) is 20.4. The van der Waals surface area contributed by atoms with Gasteiger partial charge >= 0.3 is 6.18 Å². The predicted molar refractivity (Wildman–Crippen MR) is 179 cm³/mol. The number of fused-ring (bicyclic) bond motifs is 1. The van der Waals surface area contributed by atoms with Crippen molar-refractivity contribution in [3.8, 4) is 5.75 Å². The lowest BCUT2D eigenvalue weighted by atomic mass is 10.0. The van der Waals surface area contributed by atoms with Crippen molar-refractivity contribution in [3.63, 3.8) is 0 Å². The van der Waals surface area contributed by atoms with Crippen LogP contribution in [0.2, 0.25) is 0 Å². The Balaban J connectivity index is 1.58. The second kappa shape index (κ2) is 16.9. The highest BCUT2D eigenvalue weighted by Gasteiger charge is 2.32. The van der Waals surface area contributed by atoms with Crippen molar-refractivity contribution >= 4 is 17.5 Å². The number of aliphatic hydroxyl groups excluding tert-OH is 1. The van der Waals surface area contributed by atoms with Gasteiger partial charge in [0.1, 0.15) is 5.75 Å². The van der Waals surface area contributed by atoms with E-state index in [4.69, 9.17) is 9.47 Å². The van der Waals surface area contributed by atoms with E-state index < -0.39 is 17.8 Å². The molecule has 1 aliphatic rings. The minimum Gasteiger partial charge on any atom is -0.490 e. The van der Waals surface area contributed by atoms with Crippen LogP contribution in [0.15, 0.2) is 72.8 Å². The summed E-state index contributed by atoms with van der Waals surface area (Å²) in [6.07, 6.45) is -2.53. The Kier molecular flexibility index (Phi) is 13.0. The second-order valence-electron chi connectivity index (χ2n) is 12.7. The van der Waals surface area contributed by atoms with Crippen molar-refractivity contribution < 1.29 is 37.3 Å². The number of nitrogens with zero attached hydrogens (tertiary/aromatic N) is 2. The number of rotatable bonds is 8. The summed E-state index contributed by atoms with van der Waals surface area (Å²) < 4.78 is 51.8. The number of aliphatic hydroxyl groups is 1. The number of alkyl halides is 3. The number of amides is 2. The Bertz CT molecular complexity index is 1490. The summed E-state index contributed by atoms with van der Waals surface area (Å²) in [4.78, 5) is 30.9. The Morgan fingerprint density at radius 2 is 1.77 bits per heavy atom. The summed E-state index contributed by atoms with van der Waals surface area (Å²) in [5.74, 6) is -0.442. The smallest absolute Gasteiger partial charge is 0.416 e. The summed E-state index contributed by atoms with van der Waals surface area (Å²) in [5.41, 5.74) is 1.24. The molecule has 0 unspecified atom stereocenters. The number of hydrogen-bond donors (Lipinski definition) is 2. The molecule has 1 heterocycles. The summed E-state index contributed by atoms with van der Waals surface area (Å²) in [6.45, 7) is 7.09. The topological polar surface area (TPSA) is 91.3 Å². The Labute approximate surface area is 280 Å². The van der Waals surface area contributed by atoms with Crippen molar-refractivity contribution in [2.75, 3.05) is 38.7 Å². The van der Waals surface area contributed by atoms with Crippen LogP contribution in [0.1, 0.15) is 71.9 Å². The number of ether oxygens (including phenoxy) is 2. The standard InChI is InChI=1S/C37H46F3N3O5/c1-25-21-43(26(2)24-44)36(46)32-20-31(41-35(45)29-11-6-5-7-12-29)17-18-33(32)48-27(3)10-8-9-19-47-34(25)23-42(4)22-28-13-15-30(16-14-28)37(38,39)40/h5-7,11-18,20,25-27,34,44H,8-10,19,21-24H2,1-4H3,(H,41,45)/t25-,26+,27+,34-/m0/s1. The van der Waals surface area contributed by atoms with Crippen LogP contribution < -0.4 is 10.1 Å². The number of carbonyl (C=O) groups excluding carboxylic acids is 2. The molecule has 3 aromatic carbocycles. The maximum Gasteiger partial charge on any atom is 0.416 e. The Morgan fingerprint density at radius 1 is 1.06 bits per heavy atom. The van der Waals surface area contributed by atoms with Gasteiger partial charge in [-0.2, -0.15) is 13.2 Å². The molecule has 4 atom stereocenters. The molecular weight excluding hydrogens is 623 g/mol. The fraction of sp³-hybridized carbons (Fsp3) is 0.459. The van der Waals surface area contributed by atoms with Crippen molar-refractivity contribution in [3.05, 3.63) is 95.1 Å². The zero-order valence-corrected chi connectivity index (χ0v) is 28.0. The number of benzene rings is 3. The second-order valence-corrected chi connectivity index (χ2v) is 12.7. The molecule has 0 aromatic heterocycles. The Hall–Kier alpha value is -3.93. The van der Waals surface area contributed by atoms with E-state index in [0.29, 0.717) is 36.7 Å². The molecule has 0 fully saturated rings. The molecule has 1 aliphatic heterocycles. The molecule has 2 N–H and O–H groups in total. The zero-order valence-electron chi connectivity index (χ0n) is 28.0. The average Bonchev–Trinajstić information content (AvgIpc) is 3.06. The first kappa shape index (κ1) is 36.9. The lowest BCUT2D eigenvalue weighted by Gasteiger charge is -2.36. The lowest BCUT2D eigenvalue weighted by molar-refractivity contribution is -0.137.